The van der Waals surface area contributed by atoms with Crippen LogP contribution in [0.25, 0.3) is 0 Å². The predicted molar refractivity (Wildman–Crippen MR) is 80.7 cm³/mol. The van der Waals surface area contributed by atoms with Crippen LogP contribution in [0.2, 0.25) is 0 Å². The molecule has 3 rings (SSSR count). The van der Waals surface area contributed by atoms with Crippen LogP contribution in [0.3, 0.4) is 0 Å². The summed E-state index contributed by atoms with van der Waals surface area (Å²) in [5.41, 5.74) is -0.0967. The van der Waals surface area contributed by atoms with E-state index >= 15 is 0 Å². The Kier molecular flexibility index (Phi) is 4.66. The van der Waals surface area contributed by atoms with Gasteiger partial charge < -0.3 is 5.32 Å². The fourth-order valence-electron chi connectivity index (χ4n) is 2.76. The second-order valence-electron chi connectivity index (χ2n) is 5.76. The number of nitrogens with zero attached hydrogens (tertiary/aromatic N) is 3. The number of likely N-dealkylation sites (tertiary alicyclic amines) is 1. The third-order valence-corrected chi connectivity index (χ3v) is 3.85. The highest BCUT2D eigenvalue weighted by Gasteiger charge is 2.33. The Hall–Kier alpha value is -2.22. The summed E-state index contributed by atoms with van der Waals surface area (Å²) < 4.78 is 51.2. The molecule has 1 saturated heterocycles. The number of rotatable bonds is 4. The Balaban J connectivity index is 1.58. The number of anilines is 1. The second kappa shape index (κ2) is 6.72. The molecule has 1 atom stereocenters. The molecular formula is C16H16F4N4. The van der Waals surface area contributed by atoms with Gasteiger partial charge in [0.1, 0.15) is 11.5 Å². The van der Waals surface area contributed by atoms with Crippen LogP contribution in [-0.4, -0.2) is 34.0 Å². The molecule has 0 spiro atoms. The average molecular weight is 340 g/mol. The van der Waals surface area contributed by atoms with Gasteiger partial charge >= 0.3 is 6.18 Å². The maximum Gasteiger partial charge on any atom is 0.433 e. The van der Waals surface area contributed by atoms with Crippen molar-refractivity contribution in [2.75, 3.05) is 18.4 Å². The zero-order chi connectivity index (χ0) is 17.2. The topological polar surface area (TPSA) is 41.0 Å². The molecule has 4 nitrogen and oxygen atoms in total. The van der Waals surface area contributed by atoms with Crippen LogP contribution in [0.15, 0.2) is 36.5 Å². The van der Waals surface area contributed by atoms with E-state index < -0.39 is 11.9 Å². The molecule has 0 radical (unpaired) electrons. The van der Waals surface area contributed by atoms with Crippen molar-refractivity contribution in [1.29, 1.82) is 0 Å². The van der Waals surface area contributed by atoms with Crippen LogP contribution in [0, 0.1) is 5.82 Å². The van der Waals surface area contributed by atoms with E-state index in [0.717, 1.165) is 30.8 Å². The Bertz CT molecular complexity index is 704. The summed E-state index contributed by atoms with van der Waals surface area (Å²) in [6.07, 6.45) is -2.63. The number of hydrogen-bond acceptors (Lipinski definition) is 4. The van der Waals surface area contributed by atoms with Crippen LogP contribution < -0.4 is 5.32 Å². The van der Waals surface area contributed by atoms with Gasteiger partial charge in [-0.25, -0.2) is 14.4 Å². The molecule has 1 aromatic carbocycles. The lowest BCUT2D eigenvalue weighted by molar-refractivity contribution is -0.141. The van der Waals surface area contributed by atoms with E-state index in [1.54, 1.807) is 6.07 Å². The fraction of sp³-hybridized carbons (Fsp3) is 0.375. The first-order chi connectivity index (χ1) is 11.4. The van der Waals surface area contributed by atoms with E-state index in [9.17, 15) is 17.6 Å². The molecule has 128 valence electrons. The molecule has 1 aromatic heterocycles. The minimum Gasteiger partial charge on any atom is -0.350 e. The summed E-state index contributed by atoms with van der Waals surface area (Å²) in [6, 6.07) is 7.18. The number of benzene rings is 1. The van der Waals surface area contributed by atoms with Crippen LogP contribution in [-0.2, 0) is 12.7 Å². The van der Waals surface area contributed by atoms with Gasteiger partial charge in [-0.3, -0.25) is 4.90 Å². The average Bonchev–Trinajstić information content (AvgIpc) is 2.94. The molecular weight excluding hydrogens is 324 g/mol. The quantitative estimate of drug-likeness (QED) is 0.867. The third-order valence-electron chi connectivity index (χ3n) is 3.85. The molecule has 2 aromatic rings. The molecule has 0 aliphatic carbocycles. The van der Waals surface area contributed by atoms with E-state index in [-0.39, 0.29) is 17.8 Å². The summed E-state index contributed by atoms with van der Waals surface area (Å²) in [5.74, 6) is -0.304. The lowest BCUT2D eigenvalue weighted by atomic mass is 10.2. The van der Waals surface area contributed by atoms with E-state index in [0.29, 0.717) is 13.1 Å². The Labute approximate surface area is 136 Å². The molecule has 1 aliphatic heterocycles. The fourth-order valence-corrected chi connectivity index (χ4v) is 2.76. The third kappa shape index (κ3) is 4.19. The summed E-state index contributed by atoms with van der Waals surface area (Å²) >= 11 is 0. The van der Waals surface area contributed by atoms with Crippen molar-refractivity contribution < 1.29 is 17.6 Å². The van der Waals surface area contributed by atoms with Gasteiger partial charge in [-0.1, -0.05) is 12.1 Å². The minimum absolute atomic E-state index is 0.0255. The summed E-state index contributed by atoms with van der Waals surface area (Å²) in [5, 5.41) is 2.94. The standard InChI is InChI=1S/C16H16F4N4/c17-12-3-1-2-11(8-12)9-24-7-5-13(10-24)22-15-21-6-4-14(23-15)16(18,19)20/h1-4,6,8,13H,5,7,9-10H2,(H,21,22,23). The Morgan fingerprint density at radius 1 is 1.25 bits per heavy atom. The van der Waals surface area contributed by atoms with Crippen molar-refractivity contribution in [1.82, 2.24) is 14.9 Å². The van der Waals surface area contributed by atoms with Crippen molar-refractivity contribution >= 4 is 5.95 Å². The Morgan fingerprint density at radius 2 is 2.08 bits per heavy atom. The minimum atomic E-state index is -4.49. The normalized spacial score (nSPS) is 18.8. The molecule has 1 unspecified atom stereocenters. The van der Waals surface area contributed by atoms with Crippen LogP contribution in [0.4, 0.5) is 23.5 Å². The van der Waals surface area contributed by atoms with Gasteiger partial charge in [-0.2, -0.15) is 13.2 Å². The highest BCUT2D eigenvalue weighted by atomic mass is 19.4. The van der Waals surface area contributed by atoms with Crippen LogP contribution >= 0.6 is 0 Å². The van der Waals surface area contributed by atoms with Crippen LogP contribution in [0.5, 0.6) is 0 Å². The zero-order valence-electron chi connectivity index (χ0n) is 12.7. The number of halogens is 4. The van der Waals surface area contributed by atoms with Gasteiger partial charge in [0, 0.05) is 31.9 Å². The van der Waals surface area contributed by atoms with Crippen molar-refractivity contribution in [2.45, 2.75) is 25.2 Å². The van der Waals surface area contributed by atoms with Crippen LogP contribution in [0.1, 0.15) is 17.7 Å². The zero-order valence-corrected chi connectivity index (χ0v) is 12.7. The number of aromatic nitrogens is 2. The smallest absolute Gasteiger partial charge is 0.350 e. The molecule has 0 saturated carbocycles. The molecule has 24 heavy (non-hydrogen) atoms. The number of hydrogen-bond donors (Lipinski definition) is 1. The van der Waals surface area contributed by atoms with Gasteiger partial charge in [-0.15, -0.1) is 0 Å². The van der Waals surface area contributed by atoms with Gasteiger partial charge in [0.2, 0.25) is 5.95 Å². The molecule has 0 amide bonds. The first kappa shape index (κ1) is 16.6. The van der Waals surface area contributed by atoms with Gasteiger partial charge in [0.15, 0.2) is 0 Å². The number of alkyl halides is 3. The Morgan fingerprint density at radius 3 is 2.83 bits per heavy atom. The summed E-state index contributed by atoms with van der Waals surface area (Å²) in [4.78, 5) is 9.47. The van der Waals surface area contributed by atoms with E-state index in [1.807, 2.05) is 6.07 Å². The molecule has 2 heterocycles. The number of nitrogens with one attached hydrogen (secondary N) is 1. The van der Waals surface area contributed by atoms with Crippen molar-refractivity contribution in [2.24, 2.45) is 0 Å². The van der Waals surface area contributed by atoms with Gasteiger partial charge in [0.25, 0.3) is 0 Å². The monoisotopic (exact) mass is 340 g/mol. The lowest BCUT2D eigenvalue weighted by Gasteiger charge is -2.17. The largest absolute Gasteiger partial charge is 0.433 e. The maximum absolute atomic E-state index is 13.2. The predicted octanol–water partition coefficient (Wildman–Crippen LogP) is 3.32. The lowest BCUT2D eigenvalue weighted by Crippen LogP contribution is -2.27. The first-order valence-electron chi connectivity index (χ1n) is 7.54. The van der Waals surface area contributed by atoms with Crippen molar-refractivity contribution in [3.63, 3.8) is 0 Å². The highest BCUT2D eigenvalue weighted by Crippen LogP contribution is 2.27. The summed E-state index contributed by atoms with van der Waals surface area (Å²) in [7, 11) is 0. The first-order valence-corrected chi connectivity index (χ1v) is 7.54. The molecule has 1 aliphatic rings. The summed E-state index contributed by atoms with van der Waals surface area (Å²) in [6.45, 7) is 2.00. The molecule has 8 heteroatoms. The SMILES string of the molecule is Fc1cccc(CN2CCC(Nc3nccc(C(F)(F)F)n3)C2)c1. The maximum atomic E-state index is 13.2. The van der Waals surface area contributed by atoms with E-state index in [4.69, 9.17) is 0 Å². The highest BCUT2D eigenvalue weighted by molar-refractivity contribution is 5.28. The van der Waals surface area contributed by atoms with Gasteiger partial charge in [0.05, 0.1) is 0 Å². The van der Waals surface area contributed by atoms with Crippen molar-refractivity contribution in [3.05, 3.63) is 53.6 Å². The van der Waals surface area contributed by atoms with E-state index in [2.05, 4.69) is 20.2 Å². The molecule has 1 N–H and O–H groups in total. The van der Waals surface area contributed by atoms with Gasteiger partial charge in [-0.05, 0) is 30.2 Å². The van der Waals surface area contributed by atoms with Crippen molar-refractivity contribution in [3.8, 4) is 0 Å². The molecule has 0 bridgehead atoms. The molecule has 1 fully saturated rings. The second-order valence-corrected chi connectivity index (χ2v) is 5.76. The van der Waals surface area contributed by atoms with E-state index in [1.165, 1.54) is 12.1 Å².